The highest BCUT2D eigenvalue weighted by Gasteiger charge is 2.29. The summed E-state index contributed by atoms with van der Waals surface area (Å²) in [6, 6.07) is 17.5. The van der Waals surface area contributed by atoms with Gasteiger partial charge in [0.2, 0.25) is 21.8 Å². The normalized spacial score (nSPS) is 12.2. The largest absolute Gasteiger partial charge is 0.351 e. The van der Waals surface area contributed by atoms with Gasteiger partial charge in [-0.15, -0.1) is 6.58 Å². The number of carbonyl (C=O) groups is 2. The molecule has 2 amide bonds. The molecule has 2 aromatic carbocycles. The first kappa shape index (κ1) is 24.3. The fraction of sp³-hybridized carbons (Fsp3) is 0.304. The van der Waals surface area contributed by atoms with Crippen molar-refractivity contribution in [3.05, 3.63) is 84.4 Å². The highest BCUT2D eigenvalue weighted by atomic mass is 32.2. The van der Waals surface area contributed by atoms with Crippen LogP contribution in [0, 0.1) is 0 Å². The van der Waals surface area contributed by atoms with Crippen LogP contribution in [0.5, 0.6) is 0 Å². The Kier molecular flexibility index (Phi) is 8.96. The van der Waals surface area contributed by atoms with E-state index >= 15 is 0 Å². The maximum atomic E-state index is 13.2. The van der Waals surface area contributed by atoms with Crippen molar-refractivity contribution in [3.8, 4) is 0 Å². The van der Waals surface area contributed by atoms with E-state index in [-0.39, 0.29) is 32.1 Å². The molecule has 166 valence electrons. The number of rotatable bonds is 11. The SMILES string of the molecule is C=CCNC(=O)C(C)N(Cc1ccccc1)C(=O)CN(Cc1ccccc1)S(C)(=O)=O. The van der Waals surface area contributed by atoms with Crippen LogP contribution in [0.2, 0.25) is 0 Å². The zero-order valence-corrected chi connectivity index (χ0v) is 18.7. The van der Waals surface area contributed by atoms with Crippen LogP contribution in [0.1, 0.15) is 18.1 Å². The van der Waals surface area contributed by atoms with E-state index < -0.39 is 22.0 Å². The lowest BCUT2D eigenvalue weighted by atomic mass is 10.1. The number of carbonyl (C=O) groups excluding carboxylic acids is 2. The van der Waals surface area contributed by atoms with E-state index in [0.717, 1.165) is 21.7 Å². The Hall–Kier alpha value is -2.97. The maximum Gasteiger partial charge on any atom is 0.242 e. The van der Waals surface area contributed by atoms with Gasteiger partial charge < -0.3 is 10.2 Å². The van der Waals surface area contributed by atoms with E-state index in [1.54, 1.807) is 25.1 Å². The van der Waals surface area contributed by atoms with Crippen LogP contribution in [0.25, 0.3) is 0 Å². The van der Waals surface area contributed by atoms with E-state index in [2.05, 4.69) is 11.9 Å². The smallest absolute Gasteiger partial charge is 0.242 e. The Labute approximate surface area is 184 Å². The van der Waals surface area contributed by atoms with Crippen LogP contribution in [0.3, 0.4) is 0 Å². The molecule has 31 heavy (non-hydrogen) atoms. The lowest BCUT2D eigenvalue weighted by Gasteiger charge is -2.30. The minimum Gasteiger partial charge on any atom is -0.351 e. The minimum absolute atomic E-state index is 0.0711. The molecular weight excluding hydrogens is 414 g/mol. The first-order valence-corrected chi connectivity index (χ1v) is 11.8. The number of sulfonamides is 1. The van der Waals surface area contributed by atoms with Crippen molar-refractivity contribution in [1.82, 2.24) is 14.5 Å². The summed E-state index contributed by atoms with van der Waals surface area (Å²) in [5.41, 5.74) is 1.61. The third-order valence-corrected chi connectivity index (χ3v) is 5.96. The minimum atomic E-state index is -3.65. The van der Waals surface area contributed by atoms with Crippen LogP contribution in [-0.4, -0.2) is 54.8 Å². The van der Waals surface area contributed by atoms with E-state index in [1.807, 2.05) is 48.5 Å². The van der Waals surface area contributed by atoms with Crippen LogP contribution >= 0.6 is 0 Å². The predicted octanol–water partition coefficient (Wildman–Crippen LogP) is 2.17. The van der Waals surface area contributed by atoms with Crippen molar-refractivity contribution >= 4 is 21.8 Å². The van der Waals surface area contributed by atoms with Crippen LogP contribution in [-0.2, 0) is 32.7 Å². The molecule has 7 nitrogen and oxygen atoms in total. The highest BCUT2D eigenvalue weighted by Crippen LogP contribution is 2.13. The molecule has 0 fully saturated rings. The summed E-state index contributed by atoms with van der Waals surface area (Å²) in [5, 5.41) is 2.69. The highest BCUT2D eigenvalue weighted by molar-refractivity contribution is 7.88. The summed E-state index contributed by atoms with van der Waals surface area (Å²) in [6.45, 7) is 5.38. The van der Waals surface area contributed by atoms with Crippen molar-refractivity contribution in [2.75, 3.05) is 19.3 Å². The third-order valence-electron chi connectivity index (χ3n) is 4.77. The van der Waals surface area contributed by atoms with E-state index in [0.29, 0.717) is 0 Å². The van der Waals surface area contributed by atoms with E-state index in [4.69, 9.17) is 0 Å². The molecular formula is C23H29N3O4S. The molecule has 0 saturated heterocycles. The molecule has 1 atom stereocenters. The summed E-state index contributed by atoms with van der Waals surface area (Å²) in [5.74, 6) is -0.787. The molecule has 0 bridgehead atoms. The molecule has 2 rings (SSSR count). The molecule has 0 spiro atoms. The Morgan fingerprint density at radius 3 is 2.00 bits per heavy atom. The second kappa shape index (κ2) is 11.4. The summed E-state index contributed by atoms with van der Waals surface area (Å²) >= 11 is 0. The third kappa shape index (κ3) is 7.66. The molecule has 0 radical (unpaired) electrons. The first-order chi connectivity index (χ1) is 14.7. The average molecular weight is 444 g/mol. The van der Waals surface area contributed by atoms with Gasteiger partial charge in [0.05, 0.1) is 12.8 Å². The molecule has 1 unspecified atom stereocenters. The van der Waals surface area contributed by atoms with Crippen molar-refractivity contribution in [2.45, 2.75) is 26.1 Å². The molecule has 0 aliphatic heterocycles. The summed E-state index contributed by atoms with van der Waals surface area (Å²) < 4.78 is 25.8. The van der Waals surface area contributed by atoms with Crippen molar-refractivity contribution < 1.29 is 18.0 Å². The van der Waals surface area contributed by atoms with Gasteiger partial charge in [-0.1, -0.05) is 66.7 Å². The predicted molar refractivity (Wildman–Crippen MR) is 121 cm³/mol. The number of amides is 2. The molecule has 0 heterocycles. The van der Waals surface area contributed by atoms with Gasteiger partial charge in [-0.25, -0.2) is 8.42 Å². The molecule has 0 aromatic heterocycles. The van der Waals surface area contributed by atoms with Crippen LogP contribution in [0.4, 0.5) is 0 Å². The lowest BCUT2D eigenvalue weighted by Crippen LogP contribution is -2.51. The van der Waals surface area contributed by atoms with Gasteiger partial charge in [0.25, 0.3) is 0 Å². The Balaban J connectivity index is 2.26. The first-order valence-electron chi connectivity index (χ1n) is 9.93. The van der Waals surface area contributed by atoms with Crippen LogP contribution in [0.15, 0.2) is 73.3 Å². The molecule has 0 aliphatic rings. The van der Waals surface area contributed by atoms with Gasteiger partial charge >= 0.3 is 0 Å². The van der Waals surface area contributed by atoms with E-state index in [9.17, 15) is 18.0 Å². The quantitative estimate of drug-likeness (QED) is 0.539. The zero-order valence-electron chi connectivity index (χ0n) is 17.9. The number of hydrogen-bond acceptors (Lipinski definition) is 4. The number of benzene rings is 2. The Morgan fingerprint density at radius 2 is 1.52 bits per heavy atom. The molecule has 0 saturated carbocycles. The summed E-state index contributed by atoms with van der Waals surface area (Å²) in [7, 11) is -3.65. The topological polar surface area (TPSA) is 86.8 Å². The van der Waals surface area contributed by atoms with E-state index in [1.165, 1.54) is 4.90 Å². The monoisotopic (exact) mass is 443 g/mol. The summed E-state index contributed by atoms with van der Waals surface area (Å²) in [6.07, 6.45) is 2.63. The molecule has 8 heteroatoms. The molecule has 2 aromatic rings. The Morgan fingerprint density at radius 1 is 1.00 bits per heavy atom. The van der Waals surface area contributed by atoms with Crippen molar-refractivity contribution in [2.24, 2.45) is 0 Å². The number of hydrogen-bond donors (Lipinski definition) is 1. The fourth-order valence-electron chi connectivity index (χ4n) is 3.00. The van der Waals surface area contributed by atoms with Gasteiger partial charge in [0.1, 0.15) is 6.04 Å². The molecule has 1 N–H and O–H groups in total. The zero-order chi connectivity index (χ0) is 22.9. The lowest BCUT2D eigenvalue weighted by molar-refractivity contribution is -0.140. The summed E-state index contributed by atoms with van der Waals surface area (Å²) in [4.78, 5) is 27.2. The van der Waals surface area contributed by atoms with Gasteiger partial charge in [-0.3, -0.25) is 9.59 Å². The van der Waals surface area contributed by atoms with Crippen molar-refractivity contribution in [3.63, 3.8) is 0 Å². The number of nitrogens with zero attached hydrogens (tertiary/aromatic N) is 2. The van der Waals surface area contributed by atoms with Gasteiger partial charge in [-0.2, -0.15) is 4.31 Å². The van der Waals surface area contributed by atoms with Gasteiger partial charge in [0.15, 0.2) is 0 Å². The second-order valence-corrected chi connectivity index (χ2v) is 9.22. The maximum absolute atomic E-state index is 13.2. The Bertz CT molecular complexity index is 978. The second-order valence-electron chi connectivity index (χ2n) is 7.23. The van der Waals surface area contributed by atoms with Crippen molar-refractivity contribution in [1.29, 1.82) is 0 Å². The van der Waals surface area contributed by atoms with Gasteiger partial charge in [0, 0.05) is 19.6 Å². The molecule has 0 aliphatic carbocycles. The van der Waals surface area contributed by atoms with Crippen LogP contribution < -0.4 is 5.32 Å². The average Bonchev–Trinajstić information content (AvgIpc) is 2.75. The fourth-order valence-corrected chi connectivity index (χ4v) is 3.73. The number of nitrogens with one attached hydrogen (secondary N) is 1. The standard InChI is InChI=1S/C23H29N3O4S/c1-4-15-24-23(28)19(2)26(17-21-13-9-6-10-14-21)22(27)18-25(31(3,29)30)16-20-11-7-5-8-12-20/h4-14,19H,1,15-18H2,2-3H3,(H,24,28). The van der Waals surface area contributed by atoms with Gasteiger partial charge in [-0.05, 0) is 18.1 Å².